The van der Waals surface area contributed by atoms with Crippen molar-refractivity contribution in [3.05, 3.63) is 71.2 Å². The summed E-state index contributed by atoms with van der Waals surface area (Å²) in [5.41, 5.74) is 5.26. The highest BCUT2D eigenvalue weighted by Crippen LogP contribution is 2.25. The predicted octanol–water partition coefficient (Wildman–Crippen LogP) is 4.74. The molecule has 0 saturated carbocycles. The molecule has 0 N–H and O–H groups in total. The number of aryl methyl sites for hydroxylation is 3. The Kier molecular flexibility index (Phi) is 3.53. The lowest BCUT2D eigenvalue weighted by atomic mass is 10.1. The zero-order chi connectivity index (χ0) is 15.9. The van der Waals surface area contributed by atoms with Crippen molar-refractivity contribution in [2.45, 2.75) is 20.8 Å². The molecule has 1 heterocycles. The molecular formula is C18H16F2N2. The van der Waals surface area contributed by atoms with Gasteiger partial charge in [-0.05, 0) is 44.0 Å². The van der Waals surface area contributed by atoms with Crippen molar-refractivity contribution >= 4 is 0 Å². The van der Waals surface area contributed by atoms with Gasteiger partial charge in [-0.25, -0.2) is 13.8 Å². The molecule has 0 saturated heterocycles. The highest BCUT2D eigenvalue weighted by atomic mass is 19.1. The van der Waals surface area contributed by atoms with Crippen LogP contribution < -0.4 is 0 Å². The quantitative estimate of drug-likeness (QED) is 0.668. The number of rotatable bonds is 2. The van der Waals surface area contributed by atoms with E-state index in [9.17, 15) is 8.78 Å². The maximum atomic E-state index is 13.9. The third kappa shape index (κ3) is 2.52. The third-order valence-electron chi connectivity index (χ3n) is 3.68. The Morgan fingerprint density at radius 2 is 1.64 bits per heavy atom. The van der Waals surface area contributed by atoms with Gasteiger partial charge in [-0.2, -0.15) is 0 Å². The molecule has 0 aliphatic carbocycles. The molecule has 0 radical (unpaired) electrons. The number of aromatic nitrogens is 2. The number of benzene rings is 2. The summed E-state index contributed by atoms with van der Waals surface area (Å²) in [6.45, 7) is 6.12. The van der Waals surface area contributed by atoms with E-state index in [0.29, 0.717) is 11.3 Å². The third-order valence-corrected chi connectivity index (χ3v) is 3.68. The van der Waals surface area contributed by atoms with Gasteiger partial charge in [-0.1, -0.05) is 17.7 Å². The van der Waals surface area contributed by atoms with Gasteiger partial charge in [0.2, 0.25) is 0 Å². The summed E-state index contributed by atoms with van der Waals surface area (Å²) < 4.78 is 28.8. The predicted molar refractivity (Wildman–Crippen MR) is 83.1 cm³/mol. The molecule has 0 fully saturated rings. The molecule has 0 amide bonds. The first kappa shape index (κ1) is 14.4. The lowest BCUT2D eigenvalue weighted by Crippen LogP contribution is -1.98. The van der Waals surface area contributed by atoms with Gasteiger partial charge in [-0.15, -0.1) is 0 Å². The molecule has 1 aromatic heterocycles. The summed E-state index contributed by atoms with van der Waals surface area (Å²) >= 11 is 0. The first-order chi connectivity index (χ1) is 10.5. The molecule has 0 atom stereocenters. The molecule has 0 aliphatic rings. The second-order valence-corrected chi connectivity index (χ2v) is 5.54. The standard InChI is InChI=1S/C18H16F2N2/c1-11-6-12(2)18(13(3)7-11)22-9-17(21-10-22)15-5-4-14(19)8-16(15)20/h4-10H,1-3H3. The average Bonchev–Trinajstić information content (AvgIpc) is 2.86. The van der Waals surface area contributed by atoms with E-state index < -0.39 is 11.6 Å². The lowest BCUT2D eigenvalue weighted by Gasteiger charge is -2.11. The van der Waals surface area contributed by atoms with E-state index in [4.69, 9.17) is 0 Å². The Hall–Kier alpha value is -2.49. The molecule has 22 heavy (non-hydrogen) atoms. The van der Waals surface area contributed by atoms with Gasteiger partial charge in [0.1, 0.15) is 11.6 Å². The smallest absolute Gasteiger partial charge is 0.135 e. The molecule has 0 bridgehead atoms. The van der Waals surface area contributed by atoms with Crippen LogP contribution in [0.1, 0.15) is 16.7 Å². The maximum absolute atomic E-state index is 13.9. The van der Waals surface area contributed by atoms with Crippen LogP contribution >= 0.6 is 0 Å². The first-order valence-electron chi connectivity index (χ1n) is 7.03. The number of halogens is 2. The topological polar surface area (TPSA) is 17.8 Å². The fourth-order valence-electron chi connectivity index (χ4n) is 2.86. The van der Waals surface area contributed by atoms with Gasteiger partial charge in [0.15, 0.2) is 0 Å². The van der Waals surface area contributed by atoms with E-state index in [1.807, 2.05) is 18.4 Å². The second kappa shape index (κ2) is 5.37. The van der Waals surface area contributed by atoms with Gasteiger partial charge in [0, 0.05) is 17.8 Å². The molecule has 3 aromatic rings. The van der Waals surface area contributed by atoms with E-state index in [-0.39, 0.29) is 0 Å². The Bertz CT molecular complexity index is 827. The summed E-state index contributed by atoms with van der Waals surface area (Å²) in [6.07, 6.45) is 3.42. The minimum atomic E-state index is -0.609. The Labute approximate surface area is 128 Å². The molecule has 4 heteroatoms. The van der Waals surface area contributed by atoms with Crippen LogP contribution in [0.2, 0.25) is 0 Å². The minimum Gasteiger partial charge on any atom is -0.305 e. The highest BCUT2D eigenvalue weighted by Gasteiger charge is 2.12. The van der Waals surface area contributed by atoms with E-state index in [1.54, 1.807) is 12.5 Å². The molecule has 0 unspecified atom stereocenters. The summed E-state index contributed by atoms with van der Waals surface area (Å²) in [5.74, 6) is -1.20. The number of nitrogens with zero attached hydrogens (tertiary/aromatic N) is 2. The Balaban J connectivity index is 2.08. The van der Waals surface area contributed by atoms with Crippen LogP contribution in [-0.2, 0) is 0 Å². The van der Waals surface area contributed by atoms with E-state index in [2.05, 4.69) is 24.0 Å². The summed E-state index contributed by atoms with van der Waals surface area (Å²) in [6, 6.07) is 7.71. The van der Waals surface area contributed by atoms with Crippen molar-refractivity contribution in [1.29, 1.82) is 0 Å². The molecule has 0 spiro atoms. The second-order valence-electron chi connectivity index (χ2n) is 5.54. The number of hydrogen-bond acceptors (Lipinski definition) is 1. The normalized spacial score (nSPS) is 11.0. The summed E-state index contributed by atoms with van der Waals surface area (Å²) in [7, 11) is 0. The van der Waals surface area contributed by atoms with Gasteiger partial charge in [0.05, 0.1) is 17.7 Å². The van der Waals surface area contributed by atoms with Gasteiger partial charge < -0.3 is 4.57 Å². The van der Waals surface area contributed by atoms with Crippen molar-refractivity contribution < 1.29 is 8.78 Å². The Morgan fingerprint density at radius 1 is 0.955 bits per heavy atom. The number of hydrogen-bond donors (Lipinski definition) is 0. The van der Waals surface area contributed by atoms with Crippen molar-refractivity contribution in [3.63, 3.8) is 0 Å². The van der Waals surface area contributed by atoms with Crippen molar-refractivity contribution in [2.75, 3.05) is 0 Å². The van der Waals surface area contributed by atoms with Gasteiger partial charge >= 0.3 is 0 Å². The minimum absolute atomic E-state index is 0.294. The largest absolute Gasteiger partial charge is 0.305 e. The summed E-state index contributed by atoms with van der Waals surface area (Å²) in [4.78, 5) is 4.26. The zero-order valence-corrected chi connectivity index (χ0v) is 12.7. The maximum Gasteiger partial charge on any atom is 0.135 e. The van der Waals surface area contributed by atoms with E-state index in [1.165, 1.54) is 17.7 Å². The lowest BCUT2D eigenvalue weighted by molar-refractivity contribution is 0.585. The van der Waals surface area contributed by atoms with Crippen molar-refractivity contribution in [3.8, 4) is 16.9 Å². The molecule has 0 aliphatic heterocycles. The van der Waals surface area contributed by atoms with Crippen LogP contribution in [0.25, 0.3) is 16.9 Å². The van der Waals surface area contributed by atoms with E-state index >= 15 is 0 Å². The Morgan fingerprint density at radius 3 is 2.27 bits per heavy atom. The van der Waals surface area contributed by atoms with Crippen LogP contribution in [0.3, 0.4) is 0 Å². The number of imidazole rings is 1. The molecule has 112 valence electrons. The fourth-order valence-corrected chi connectivity index (χ4v) is 2.86. The van der Waals surface area contributed by atoms with Gasteiger partial charge in [0.25, 0.3) is 0 Å². The monoisotopic (exact) mass is 298 g/mol. The van der Waals surface area contributed by atoms with Gasteiger partial charge in [-0.3, -0.25) is 0 Å². The van der Waals surface area contributed by atoms with Crippen molar-refractivity contribution in [2.24, 2.45) is 0 Å². The SMILES string of the molecule is Cc1cc(C)c(-n2cnc(-c3ccc(F)cc3F)c2)c(C)c1. The molecular weight excluding hydrogens is 282 g/mol. The average molecular weight is 298 g/mol. The molecule has 3 rings (SSSR count). The van der Waals surface area contributed by atoms with Crippen LogP contribution in [0.5, 0.6) is 0 Å². The molecule has 2 aromatic carbocycles. The van der Waals surface area contributed by atoms with Crippen LogP contribution in [0.4, 0.5) is 8.78 Å². The van der Waals surface area contributed by atoms with Crippen LogP contribution in [0.15, 0.2) is 42.9 Å². The molecule has 2 nitrogen and oxygen atoms in total. The fraction of sp³-hybridized carbons (Fsp3) is 0.167. The first-order valence-corrected chi connectivity index (χ1v) is 7.03. The zero-order valence-electron chi connectivity index (χ0n) is 12.7. The highest BCUT2D eigenvalue weighted by molar-refractivity contribution is 5.60. The summed E-state index contributed by atoms with van der Waals surface area (Å²) in [5, 5.41) is 0. The van der Waals surface area contributed by atoms with Crippen molar-refractivity contribution in [1.82, 2.24) is 9.55 Å². The van der Waals surface area contributed by atoms with E-state index in [0.717, 1.165) is 22.9 Å². The van der Waals surface area contributed by atoms with Crippen LogP contribution in [-0.4, -0.2) is 9.55 Å². The van der Waals surface area contributed by atoms with Crippen LogP contribution in [0, 0.1) is 32.4 Å².